The van der Waals surface area contributed by atoms with Crippen molar-refractivity contribution in [1.29, 1.82) is 0 Å². The van der Waals surface area contributed by atoms with Crippen molar-refractivity contribution >= 4 is 0 Å². The Balaban J connectivity index is 1.75. The average molecular weight is 208 g/mol. The van der Waals surface area contributed by atoms with Gasteiger partial charge in [-0.25, -0.2) is 0 Å². The maximum absolute atomic E-state index is 9.55. The van der Waals surface area contributed by atoms with Gasteiger partial charge >= 0.3 is 0 Å². The van der Waals surface area contributed by atoms with Gasteiger partial charge in [-0.2, -0.15) is 0 Å². The van der Waals surface area contributed by atoms with Crippen LogP contribution in [0.2, 0.25) is 0 Å². The number of rotatable bonds is 4. The number of hydrogen-bond acceptors (Lipinski definition) is 2. The summed E-state index contributed by atoms with van der Waals surface area (Å²) in [5, 5.41) is 11.8. The number of quaternary nitrogens is 1. The highest BCUT2D eigenvalue weighted by atomic mass is 16.5. The van der Waals surface area contributed by atoms with Crippen molar-refractivity contribution in [2.45, 2.75) is 25.5 Å². The fourth-order valence-electron chi connectivity index (χ4n) is 1.94. The number of phenolic OH excluding ortho intramolecular Hbond substituents is 1. The lowest BCUT2D eigenvalue weighted by atomic mass is 10.2. The van der Waals surface area contributed by atoms with Gasteiger partial charge in [0.05, 0.1) is 0 Å². The van der Waals surface area contributed by atoms with Gasteiger partial charge in [-0.05, 0) is 25.0 Å². The van der Waals surface area contributed by atoms with Crippen LogP contribution in [-0.4, -0.2) is 24.4 Å². The molecule has 15 heavy (non-hydrogen) atoms. The van der Waals surface area contributed by atoms with Crippen molar-refractivity contribution in [2.75, 3.05) is 13.2 Å². The topological polar surface area (TPSA) is 46.1 Å². The first-order valence-electron chi connectivity index (χ1n) is 5.56. The molecule has 0 amide bonds. The lowest BCUT2D eigenvalue weighted by molar-refractivity contribution is -0.676. The van der Waals surface area contributed by atoms with E-state index in [4.69, 9.17) is 4.74 Å². The zero-order chi connectivity index (χ0) is 10.5. The standard InChI is InChI=1S/C12H17NO2/c14-12-6-2-1-4-10(12)8-13-9-11-5-3-7-15-11/h1-2,4,6,11,13-14H,3,5,7-9H2/p+1/t11-/m1/s1. The van der Waals surface area contributed by atoms with Gasteiger partial charge in [-0.3, -0.25) is 0 Å². The van der Waals surface area contributed by atoms with Crippen LogP contribution in [-0.2, 0) is 11.3 Å². The predicted octanol–water partition coefficient (Wildman–Crippen LogP) is 0.635. The summed E-state index contributed by atoms with van der Waals surface area (Å²) >= 11 is 0. The van der Waals surface area contributed by atoms with E-state index < -0.39 is 0 Å². The third-order valence-corrected chi connectivity index (χ3v) is 2.81. The molecule has 1 saturated heterocycles. The molecule has 1 aliphatic rings. The highest BCUT2D eigenvalue weighted by molar-refractivity contribution is 5.30. The van der Waals surface area contributed by atoms with E-state index in [9.17, 15) is 5.11 Å². The Bertz CT molecular complexity index is 308. The molecule has 3 nitrogen and oxygen atoms in total. The third-order valence-electron chi connectivity index (χ3n) is 2.81. The molecule has 1 atom stereocenters. The van der Waals surface area contributed by atoms with E-state index in [0.717, 1.165) is 25.3 Å². The van der Waals surface area contributed by atoms with E-state index in [0.29, 0.717) is 11.9 Å². The highest BCUT2D eigenvalue weighted by Crippen LogP contribution is 2.14. The number of hydrogen-bond donors (Lipinski definition) is 2. The van der Waals surface area contributed by atoms with Gasteiger partial charge in [0.25, 0.3) is 0 Å². The molecule has 1 aromatic carbocycles. The Morgan fingerprint density at radius 2 is 2.27 bits per heavy atom. The smallest absolute Gasteiger partial charge is 0.124 e. The summed E-state index contributed by atoms with van der Waals surface area (Å²) in [6.45, 7) is 2.73. The Hall–Kier alpha value is -1.06. The average Bonchev–Trinajstić information content (AvgIpc) is 2.74. The molecule has 0 bridgehead atoms. The number of benzene rings is 1. The third kappa shape index (κ3) is 2.94. The van der Waals surface area contributed by atoms with Gasteiger partial charge in [-0.1, -0.05) is 12.1 Å². The maximum atomic E-state index is 9.55. The summed E-state index contributed by atoms with van der Waals surface area (Å²) < 4.78 is 5.53. The Morgan fingerprint density at radius 1 is 1.40 bits per heavy atom. The summed E-state index contributed by atoms with van der Waals surface area (Å²) in [6, 6.07) is 7.49. The lowest BCUT2D eigenvalue weighted by Crippen LogP contribution is -2.84. The van der Waals surface area contributed by atoms with E-state index in [1.807, 2.05) is 18.2 Å². The van der Waals surface area contributed by atoms with Crippen LogP contribution in [0, 0.1) is 0 Å². The second-order valence-corrected chi connectivity index (χ2v) is 3.99. The summed E-state index contributed by atoms with van der Waals surface area (Å²) in [4.78, 5) is 0. The van der Waals surface area contributed by atoms with Crippen molar-refractivity contribution in [3.05, 3.63) is 29.8 Å². The molecule has 0 unspecified atom stereocenters. The molecular formula is C12H18NO2+. The van der Waals surface area contributed by atoms with Crippen LogP contribution >= 0.6 is 0 Å². The van der Waals surface area contributed by atoms with E-state index in [1.54, 1.807) is 6.07 Å². The monoisotopic (exact) mass is 208 g/mol. The van der Waals surface area contributed by atoms with Crippen LogP contribution in [0.15, 0.2) is 24.3 Å². The minimum absolute atomic E-state index is 0.390. The molecule has 82 valence electrons. The number of para-hydroxylation sites is 1. The fourth-order valence-corrected chi connectivity index (χ4v) is 1.94. The van der Waals surface area contributed by atoms with Crippen LogP contribution in [0.4, 0.5) is 0 Å². The van der Waals surface area contributed by atoms with Crippen molar-refractivity contribution in [1.82, 2.24) is 0 Å². The van der Waals surface area contributed by atoms with Gasteiger partial charge in [0.1, 0.15) is 24.9 Å². The second kappa shape index (κ2) is 5.14. The minimum Gasteiger partial charge on any atom is -0.507 e. The van der Waals surface area contributed by atoms with Crippen molar-refractivity contribution in [3.8, 4) is 5.75 Å². The quantitative estimate of drug-likeness (QED) is 0.762. The number of ether oxygens (including phenoxy) is 1. The maximum Gasteiger partial charge on any atom is 0.124 e. The largest absolute Gasteiger partial charge is 0.507 e. The lowest BCUT2D eigenvalue weighted by Gasteiger charge is -2.08. The van der Waals surface area contributed by atoms with E-state index in [-0.39, 0.29) is 0 Å². The molecule has 2 rings (SSSR count). The first kappa shape index (κ1) is 10.5. The summed E-state index contributed by atoms with van der Waals surface area (Å²) in [5.41, 5.74) is 0.996. The van der Waals surface area contributed by atoms with Gasteiger partial charge in [-0.15, -0.1) is 0 Å². The Morgan fingerprint density at radius 3 is 3.00 bits per heavy atom. The zero-order valence-corrected chi connectivity index (χ0v) is 8.86. The van der Waals surface area contributed by atoms with Crippen molar-refractivity contribution in [2.24, 2.45) is 0 Å². The normalized spacial score (nSPS) is 20.7. The minimum atomic E-state index is 0.390. The van der Waals surface area contributed by atoms with Crippen molar-refractivity contribution in [3.63, 3.8) is 0 Å². The highest BCUT2D eigenvalue weighted by Gasteiger charge is 2.16. The predicted molar refractivity (Wildman–Crippen MR) is 57.6 cm³/mol. The van der Waals surface area contributed by atoms with Gasteiger partial charge in [0.15, 0.2) is 0 Å². The number of aromatic hydroxyl groups is 1. The van der Waals surface area contributed by atoms with Crippen LogP contribution in [0.25, 0.3) is 0 Å². The number of phenols is 1. The van der Waals surface area contributed by atoms with E-state index in [2.05, 4.69) is 5.32 Å². The summed E-state index contributed by atoms with van der Waals surface area (Å²) in [6.07, 6.45) is 2.78. The van der Waals surface area contributed by atoms with E-state index >= 15 is 0 Å². The Labute approximate surface area is 90.1 Å². The molecule has 1 aliphatic heterocycles. The molecule has 3 heteroatoms. The van der Waals surface area contributed by atoms with Gasteiger partial charge in [0.2, 0.25) is 0 Å². The molecule has 1 fully saturated rings. The van der Waals surface area contributed by atoms with Crippen LogP contribution in [0.5, 0.6) is 5.75 Å². The van der Waals surface area contributed by atoms with Crippen molar-refractivity contribution < 1.29 is 15.2 Å². The van der Waals surface area contributed by atoms with Crippen LogP contribution in [0.3, 0.4) is 0 Å². The van der Waals surface area contributed by atoms with Crippen LogP contribution < -0.4 is 5.32 Å². The number of nitrogens with two attached hydrogens (primary N) is 1. The summed E-state index contributed by atoms with van der Waals surface area (Å²) in [7, 11) is 0. The second-order valence-electron chi connectivity index (χ2n) is 3.99. The molecule has 0 spiro atoms. The molecule has 0 aromatic heterocycles. The molecule has 1 aromatic rings. The van der Waals surface area contributed by atoms with Crippen LogP contribution in [0.1, 0.15) is 18.4 Å². The molecular weight excluding hydrogens is 190 g/mol. The Kier molecular flexibility index (Phi) is 3.59. The molecule has 3 N–H and O–H groups in total. The van der Waals surface area contributed by atoms with E-state index in [1.165, 1.54) is 12.8 Å². The van der Waals surface area contributed by atoms with Gasteiger partial charge in [0, 0.05) is 12.2 Å². The molecule has 0 aliphatic carbocycles. The molecule has 1 heterocycles. The van der Waals surface area contributed by atoms with Gasteiger partial charge < -0.3 is 15.2 Å². The summed E-state index contributed by atoms with van der Waals surface area (Å²) in [5.74, 6) is 0.390. The molecule has 0 saturated carbocycles. The fraction of sp³-hybridized carbons (Fsp3) is 0.500. The first-order chi connectivity index (χ1) is 7.36. The molecule has 0 radical (unpaired) electrons. The SMILES string of the molecule is Oc1ccccc1C[NH2+]C[C@H]1CCCO1. The zero-order valence-electron chi connectivity index (χ0n) is 8.86. The first-order valence-corrected chi connectivity index (χ1v) is 5.56.